The summed E-state index contributed by atoms with van der Waals surface area (Å²) in [4.78, 5) is 14.4. The van der Waals surface area contributed by atoms with Gasteiger partial charge in [-0.1, -0.05) is 34.8 Å². The van der Waals surface area contributed by atoms with Gasteiger partial charge in [-0.15, -0.1) is 0 Å². The standard InChI is InChI=1S/C11H8Cl3N5O2/c12-5-3-7(14)8(4-6(5)13)16-11-9(19(20)21)1-2-10(17-11)18-15/h1-4H,15H2,(H2,16,17,18). The van der Waals surface area contributed by atoms with Crippen molar-refractivity contribution in [2.45, 2.75) is 0 Å². The van der Waals surface area contributed by atoms with Gasteiger partial charge in [0.15, 0.2) is 0 Å². The smallest absolute Gasteiger partial charge is 0.311 e. The molecule has 0 aliphatic heterocycles. The summed E-state index contributed by atoms with van der Waals surface area (Å²) in [5.41, 5.74) is 2.39. The van der Waals surface area contributed by atoms with Crippen LogP contribution in [0.1, 0.15) is 0 Å². The lowest BCUT2D eigenvalue weighted by Gasteiger charge is -2.10. The van der Waals surface area contributed by atoms with Gasteiger partial charge in [-0.25, -0.2) is 10.8 Å². The van der Waals surface area contributed by atoms with E-state index in [1.165, 1.54) is 24.3 Å². The lowest BCUT2D eigenvalue weighted by Crippen LogP contribution is -2.10. The molecule has 0 amide bonds. The molecule has 0 aliphatic carbocycles. The molecule has 1 heterocycles. The summed E-state index contributed by atoms with van der Waals surface area (Å²) in [5.74, 6) is 5.46. The summed E-state index contributed by atoms with van der Waals surface area (Å²) in [6, 6.07) is 5.50. The molecule has 2 rings (SSSR count). The van der Waals surface area contributed by atoms with Crippen LogP contribution in [0, 0.1) is 10.1 Å². The number of anilines is 3. The van der Waals surface area contributed by atoms with Gasteiger partial charge in [0.2, 0.25) is 5.82 Å². The summed E-state index contributed by atoms with van der Waals surface area (Å²) in [6.07, 6.45) is 0. The first-order valence-electron chi connectivity index (χ1n) is 5.46. The number of nitrogens with zero attached hydrogens (tertiary/aromatic N) is 2. The van der Waals surface area contributed by atoms with E-state index in [9.17, 15) is 10.1 Å². The maximum absolute atomic E-state index is 11.0. The van der Waals surface area contributed by atoms with Crippen molar-refractivity contribution in [2.24, 2.45) is 5.84 Å². The molecule has 0 unspecified atom stereocenters. The summed E-state index contributed by atoms with van der Waals surface area (Å²) in [7, 11) is 0. The van der Waals surface area contributed by atoms with Gasteiger partial charge in [0.05, 0.1) is 25.7 Å². The lowest BCUT2D eigenvalue weighted by atomic mass is 10.3. The predicted molar refractivity (Wildman–Crippen MR) is 83.5 cm³/mol. The summed E-state index contributed by atoms with van der Waals surface area (Å²) < 4.78 is 0. The maximum atomic E-state index is 11.0. The molecule has 0 radical (unpaired) electrons. The Morgan fingerprint density at radius 1 is 1.14 bits per heavy atom. The van der Waals surface area contributed by atoms with E-state index in [-0.39, 0.29) is 32.4 Å². The van der Waals surface area contributed by atoms with Gasteiger partial charge in [0.1, 0.15) is 5.82 Å². The first-order valence-corrected chi connectivity index (χ1v) is 6.59. The zero-order valence-electron chi connectivity index (χ0n) is 10.2. The Hall–Kier alpha value is -1.80. The number of nitro groups is 1. The molecule has 0 aliphatic rings. The number of pyridine rings is 1. The minimum atomic E-state index is -0.582. The Kier molecular flexibility index (Phi) is 4.69. The number of nitrogens with two attached hydrogens (primary N) is 1. The van der Waals surface area contributed by atoms with Crippen molar-refractivity contribution in [1.29, 1.82) is 0 Å². The molecule has 0 saturated carbocycles. The number of aromatic nitrogens is 1. The SMILES string of the molecule is NNc1ccc([N+](=O)[O-])c(Nc2cc(Cl)c(Cl)cc2Cl)n1. The third-order valence-electron chi connectivity index (χ3n) is 2.48. The summed E-state index contributed by atoms with van der Waals surface area (Å²) in [5, 5.41) is 14.5. The van der Waals surface area contributed by atoms with Crippen LogP contribution in [0.3, 0.4) is 0 Å². The van der Waals surface area contributed by atoms with Crippen molar-refractivity contribution < 1.29 is 4.92 Å². The van der Waals surface area contributed by atoms with Gasteiger partial charge in [-0.2, -0.15) is 0 Å². The van der Waals surface area contributed by atoms with E-state index >= 15 is 0 Å². The van der Waals surface area contributed by atoms with Gasteiger partial charge >= 0.3 is 5.69 Å². The van der Waals surface area contributed by atoms with Crippen LogP contribution in [0.5, 0.6) is 0 Å². The predicted octanol–water partition coefficient (Wildman–Crippen LogP) is 3.98. The van der Waals surface area contributed by atoms with Crippen LogP contribution in [0.25, 0.3) is 0 Å². The van der Waals surface area contributed by atoms with Gasteiger partial charge in [-0.3, -0.25) is 10.1 Å². The number of nitrogen functional groups attached to an aromatic ring is 1. The van der Waals surface area contributed by atoms with Crippen LogP contribution < -0.4 is 16.6 Å². The fourth-order valence-electron chi connectivity index (χ4n) is 1.52. The number of halogens is 3. The molecule has 0 saturated heterocycles. The Bertz CT molecular complexity index is 710. The third-order valence-corrected chi connectivity index (χ3v) is 3.52. The average molecular weight is 349 g/mol. The minimum Gasteiger partial charge on any atom is -0.333 e. The number of hydrogen-bond donors (Lipinski definition) is 3. The second kappa shape index (κ2) is 6.31. The molecule has 0 spiro atoms. The highest BCUT2D eigenvalue weighted by molar-refractivity contribution is 6.44. The van der Waals surface area contributed by atoms with E-state index in [1.54, 1.807) is 0 Å². The molecular weight excluding hydrogens is 341 g/mol. The normalized spacial score (nSPS) is 10.3. The van der Waals surface area contributed by atoms with E-state index in [4.69, 9.17) is 40.6 Å². The van der Waals surface area contributed by atoms with E-state index in [2.05, 4.69) is 15.7 Å². The monoisotopic (exact) mass is 347 g/mol. The Balaban J connectivity index is 2.47. The molecular formula is C11H8Cl3N5O2. The molecule has 10 heteroatoms. The van der Waals surface area contributed by atoms with Gasteiger partial charge < -0.3 is 10.7 Å². The highest BCUT2D eigenvalue weighted by Crippen LogP contribution is 2.35. The maximum Gasteiger partial charge on any atom is 0.311 e. The number of hydrazine groups is 1. The van der Waals surface area contributed by atoms with E-state index in [1.807, 2.05) is 0 Å². The van der Waals surface area contributed by atoms with Gasteiger partial charge in [0, 0.05) is 6.07 Å². The molecule has 1 aromatic heterocycles. The topological polar surface area (TPSA) is 106 Å². The first kappa shape index (κ1) is 15.6. The second-order valence-corrected chi connectivity index (χ2v) is 5.06. The van der Waals surface area contributed by atoms with Crippen molar-refractivity contribution in [1.82, 2.24) is 4.98 Å². The molecule has 0 fully saturated rings. The molecule has 0 bridgehead atoms. The van der Waals surface area contributed by atoms with Crippen molar-refractivity contribution >= 4 is 57.8 Å². The molecule has 21 heavy (non-hydrogen) atoms. The molecule has 7 nitrogen and oxygen atoms in total. The van der Waals surface area contributed by atoms with Crippen LogP contribution in [-0.2, 0) is 0 Å². The molecule has 4 N–H and O–H groups in total. The van der Waals surface area contributed by atoms with Gasteiger partial charge in [0.25, 0.3) is 0 Å². The molecule has 2 aromatic rings. The fourth-order valence-corrected chi connectivity index (χ4v) is 2.11. The zero-order valence-corrected chi connectivity index (χ0v) is 12.5. The van der Waals surface area contributed by atoms with Crippen LogP contribution in [0.2, 0.25) is 15.1 Å². The molecule has 0 atom stereocenters. The molecule has 110 valence electrons. The van der Waals surface area contributed by atoms with Crippen molar-refractivity contribution in [3.05, 3.63) is 49.4 Å². The first-order chi connectivity index (χ1) is 9.92. The average Bonchev–Trinajstić information content (AvgIpc) is 2.44. The third kappa shape index (κ3) is 3.45. The minimum absolute atomic E-state index is 0.0317. The Morgan fingerprint density at radius 3 is 2.43 bits per heavy atom. The fraction of sp³-hybridized carbons (Fsp3) is 0. The van der Waals surface area contributed by atoms with E-state index in [0.717, 1.165) is 0 Å². The highest BCUT2D eigenvalue weighted by atomic mass is 35.5. The van der Waals surface area contributed by atoms with Gasteiger partial charge in [-0.05, 0) is 18.2 Å². The van der Waals surface area contributed by atoms with E-state index in [0.29, 0.717) is 5.69 Å². The Morgan fingerprint density at radius 2 is 1.81 bits per heavy atom. The largest absolute Gasteiger partial charge is 0.333 e. The second-order valence-electron chi connectivity index (χ2n) is 3.84. The number of nitrogens with one attached hydrogen (secondary N) is 2. The lowest BCUT2D eigenvalue weighted by molar-refractivity contribution is -0.384. The van der Waals surface area contributed by atoms with Crippen LogP contribution in [0.4, 0.5) is 23.0 Å². The number of benzene rings is 1. The van der Waals surface area contributed by atoms with Crippen molar-refractivity contribution in [3.8, 4) is 0 Å². The van der Waals surface area contributed by atoms with E-state index < -0.39 is 4.92 Å². The van der Waals surface area contributed by atoms with Crippen LogP contribution in [0.15, 0.2) is 24.3 Å². The summed E-state index contributed by atoms with van der Waals surface area (Å²) in [6.45, 7) is 0. The quantitative estimate of drug-likeness (QED) is 0.334. The molecule has 1 aromatic carbocycles. The van der Waals surface area contributed by atoms with Crippen molar-refractivity contribution in [2.75, 3.05) is 10.7 Å². The summed E-state index contributed by atoms with van der Waals surface area (Å²) >= 11 is 17.7. The number of rotatable bonds is 4. The van der Waals surface area contributed by atoms with Crippen LogP contribution >= 0.6 is 34.8 Å². The van der Waals surface area contributed by atoms with Crippen molar-refractivity contribution in [3.63, 3.8) is 0 Å². The highest BCUT2D eigenvalue weighted by Gasteiger charge is 2.17. The zero-order chi connectivity index (χ0) is 15.6. The Labute approximate surface area is 134 Å². The van der Waals surface area contributed by atoms with Crippen LogP contribution in [-0.4, -0.2) is 9.91 Å². The number of hydrogen-bond acceptors (Lipinski definition) is 6.